The lowest BCUT2D eigenvalue weighted by Gasteiger charge is -2.17. The quantitative estimate of drug-likeness (QED) is 0.132. The fraction of sp³-hybridized carbons (Fsp3) is 0.100. The molecule has 0 unspecified atom stereocenters. The number of fused-ring (bicyclic) bond motifs is 6. The summed E-state index contributed by atoms with van der Waals surface area (Å²) in [6.07, 6.45) is -17.1. The smallest absolute Gasteiger partial charge is 0.309 e. The molecule has 0 bridgehead atoms. The van der Waals surface area contributed by atoms with E-state index in [9.17, 15) is 57.5 Å². The topological polar surface area (TPSA) is 39.8 Å². The van der Waals surface area contributed by atoms with Gasteiger partial charge in [0.2, 0.25) is 0 Å². The number of alkyl halides is 12. The molecule has 0 amide bonds. The van der Waals surface area contributed by atoms with Gasteiger partial charge in [-0.2, -0.15) is 52.7 Å². The highest BCUT2D eigenvalue weighted by molar-refractivity contribution is 6.13. The first-order valence-corrected chi connectivity index (χ1v) is 16.3. The van der Waals surface area contributed by atoms with Crippen molar-refractivity contribution in [2.45, 2.75) is 24.7 Å². The molecular formula is C40H19F12N3O. The average Bonchev–Trinajstić information content (AvgIpc) is 3.64. The molecular weight excluding hydrogens is 766 g/mol. The Kier molecular flexibility index (Phi) is 8.08. The number of hydrogen-bond acceptors (Lipinski definition) is 2. The Labute approximate surface area is 305 Å². The normalized spacial score (nSPS) is 13.1. The van der Waals surface area contributed by atoms with Crippen LogP contribution in [-0.4, -0.2) is 19.9 Å². The molecule has 0 saturated heterocycles. The minimum atomic E-state index is -4.91. The maximum absolute atomic E-state index is 14.1. The van der Waals surface area contributed by atoms with Crippen LogP contribution in [0.3, 0.4) is 0 Å². The van der Waals surface area contributed by atoms with E-state index >= 15 is 0 Å². The van der Waals surface area contributed by atoms with E-state index in [0.29, 0.717) is 24.3 Å². The van der Waals surface area contributed by atoms with E-state index < -0.39 is 52.7 Å². The van der Waals surface area contributed by atoms with E-state index in [1.54, 1.807) is 0 Å². The first kappa shape index (κ1) is 36.6. The van der Waals surface area contributed by atoms with Crippen LogP contribution in [0.1, 0.15) is 38.2 Å². The van der Waals surface area contributed by atoms with Gasteiger partial charge in [0, 0.05) is 56.4 Å². The number of rotatable bonds is 4. The largest absolute Gasteiger partial charge is 0.416 e. The third-order valence-corrected chi connectivity index (χ3v) is 9.45. The summed E-state index contributed by atoms with van der Waals surface area (Å²) >= 11 is 0. The second kappa shape index (κ2) is 12.3. The van der Waals surface area contributed by atoms with Gasteiger partial charge in [-0.05, 0) is 78.9 Å². The van der Waals surface area contributed by atoms with Crippen molar-refractivity contribution in [3.8, 4) is 11.4 Å². The number of halogens is 12. The molecule has 284 valence electrons. The van der Waals surface area contributed by atoms with E-state index in [1.807, 2.05) is 0 Å². The van der Waals surface area contributed by atoms with Crippen LogP contribution in [0.15, 0.2) is 116 Å². The molecule has 16 heteroatoms. The van der Waals surface area contributed by atoms with Gasteiger partial charge in [0.15, 0.2) is 5.78 Å². The minimum absolute atomic E-state index is 0.0301. The van der Waals surface area contributed by atoms with E-state index in [1.165, 1.54) is 30.6 Å². The summed E-state index contributed by atoms with van der Waals surface area (Å²) in [6.45, 7) is 0. The Bertz CT molecular complexity index is 2570. The number of carbonyl (C=O) groups excluding carboxylic acids is 1. The van der Waals surface area contributed by atoms with Crippen molar-refractivity contribution < 1.29 is 57.5 Å². The summed E-state index contributed by atoms with van der Waals surface area (Å²) in [5.41, 5.74) is -6.48. The molecule has 8 rings (SSSR count). The van der Waals surface area contributed by atoms with Crippen molar-refractivity contribution in [1.82, 2.24) is 14.1 Å². The number of aromatic nitrogens is 3. The molecule has 0 aliphatic heterocycles. The monoisotopic (exact) mass is 785 g/mol. The number of nitrogens with zero attached hydrogens (tertiary/aromatic N) is 3. The molecule has 4 nitrogen and oxygen atoms in total. The SMILES string of the molecule is O=C(c1cccnc1)c1cc(-n2c3cc(C(F)(F)F)ccc3c3ccc(C(F)(F)F)cc32)cc(-n2c3cc(C(F)(F)F)ccc3c3ccc(C(F)(F)F)cc32)c1. The van der Waals surface area contributed by atoms with Crippen molar-refractivity contribution in [3.63, 3.8) is 0 Å². The first-order chi connectivity index (χ1) is 26.2. The van der Waals surface area contributed by atoms with Crippen LogP contribution in [-0.2, 0) is 24.7 Å². The third-order valence-electron chi connectivity index (χ3n) is 9.45. The predicted molar refractivity (Wildman–Crippen MR) is 183 cm³/mol. The van der Waals surface area contributed by atoms with Crippen LogP contribution in [0.5, 0.6) is 0 Å². The Morgan fingerprint density at radius 3 is 1.05 bits per heavy atom. The second-order valence-corrected chi connectivity index (χ2v) is 12.9. The number of pyridine rings is 1. The van der Waals surface area contributed by atoms with Crippen LogP contribution >= 0.6 is 0 Å². The summed E-state index contributed by atoms with van der Waals surface area (Å²) in [7, 11) is 0. The van der Waals surface area contributed by atoms with E-state index in [-0.39, 0.29) is 66.1 Å². The van der Waals surface area contributed by atoms with Crippen molar-refractivity contribution >= 4 is 49.4 Å². The molecule has 56 heavy (non-hydrogen) atoms. The lowest BCUT2D eigenvalue weighted by atomic mass is 10.0. The molecule has 0 N–H and O–H groups in total. The summed E-state index contributed by atoms with van der Waals surface area (Å²) < 4.78 is 171. The average molecular weight is 786 g/mol. The van der Waals surface area contributed by atoms with Crippen LogP contribution < -0.4 is 0 Å². The number of hydrogen-bond donors (Lipinski definition) is 0. The lowest BCUT2D eigenvalue weighted by molar-refractivity contribution is -0.138. The Morgan fingerprint density at radius 1 is 0.429 bits per heavy atom. The fourth-order valence-corrected chi connectivity index (χ4v) is 6.95. The molecule has 0 aliphatic carbocycles. The number of benzene rings is 5. The van der Waals surface area contributed by atoms with E-state index in [0.717, 1.165) is 69.8 Å². The van der Waals surface area contributed by atoms with Crippen LogP contribution in [0, 0.1) is 0 Å². The molecule has 0 radical (unpaired) electrons. The molecule has 0 aliphatic rings. The van der Waals surface area contributed by atoms with Gasteiger partial charge in [-0.25, -0.2) is 0 Å². The maximum Gasteiger partial charge on any atom is 0.416 e. The molecule has 0 fully saturated rings. The van der Waals surface area contributed by atoms with Gasteiger partial charge >= 0.3 is 24.7 Å². The van der Waals surface area contributed by atoms with Gasteiger partial charge in [0.05, 0.1) is 44.3 Å². The van der Waals surface area contributed by atoms with Gasteiger partial charge < -0.3 is 9.13 Å². The second-order valence-electron chi connectivity index (χ2n) is 12.9. The Hall–Kier alpha value is -6.32. The summed E-state index contributed by atoms with van der Waals surface area (Å²) in [5, 5.41) is 0.310. The van der Waals surface area contributed by atoms with Crippen molar-refractivity contribution in [3.05, 3.63) is 149 Å². The highest BCUT2D eigenvalue weighted by Crippen LogP contribution is 2.43. The zero-order chi connectivity index (χ0) is 40.1. The van der Waals surface area contributed by atoms with Crippen LogP contribution in [0.4, 0.5) is 52.7 Å². The van der Waals surface area contributed by atoms with Crippen molar-refractivity contribution in [2.75, 3.05) is 0 Å². The Morgan fingerprint density at radius 2 is 0.768 bits per heavy atom. The minimum Gasteiger partial charge on any atom is -0.309 e. The van der Waals surface area contributed by atoms with Crippen molar-refractivity contribution in [1.29, 1.82) is 0 Å². The molecule has 5 aromatic carbocycles. The van der Waals surface area contributed by atoms with E-state index in [4.69, 9.17) is 0 Å². The molecule has 0 spiro atoms. The molecule has 8 aromatic rings. The van der Waals surface area contributed by atoms with Gasteiger partial charge in [0.1, 0.15) is 0 Å². The maximum atomic E-state index is 14.1. The molecule has 0 saturated carbocycles. The zero-order valence-corrected chi connectivity index (χ0v) is 27.8. The predicted octanol–water partition coefficient (Wildman–Crippen LogP) is 12.6. The van der Waals surface area contributed by atoms with E-state index in [2.05, 4.69) is 4.98 Å². The van der Waals surface area contributed by atoms with Gasteiger partial charge in [-0.3, -0.25) is 9.78 Å². The molecule has 0 atom stereocenters. The zero-order valence-electron chi connectivity index (χ0n) is 27.8. The number of carbonyl (C=O) groups is 1. The van der Waals surface area contributed by atoms with Crippen LogP contribution in [0.25, 0.3) is 55.0 Å². The highest BCUT2D eigenvalue weighted by Gasteiger charge is 2.35. The first-order valence-electron chi connectivity index (χ1n) is 16.3. The summed E-state index contributed by atoms with van der Waals surface area (Å²) in [5.74, 6) is -0.776. The standard InChI is InChI=1S/C40H19F12N3O/c41-37(42,43)22-3-7-28-29-8-4-23(38(44,45)46)15-33(29)54(32(28)14-22)26-12-21(36(56)20-2-1-11-53-19-20)13-27(18-26)55-34-16-24(39(47,48)49)5-9-30(34)31-10-6-25(17-35(31)55)40(50,51)52/h1-19H. The van der Waals surface area contributed by atoms with Gasteiger partial charge in [-0.15, -0.1) is 0 Å². The number of ketones is 1. The molecule has 3 heterocycles. The third kappa shape index (κ3) is 6.18. The summed E-state index contributed by atoms with van der Waals surface area (Å²) in [4.78, 5) is 17.9. The van der Waals surface area contributed by atoms with Gasteiger partial charge in [-0.1, -0.05) is 24.3 Å². The summed E-state index contributed by atoms with van der Waals surface area (Å²) in [6, 6.07) is 16.3. The van der Waals surface area contributed by atoms with Crippen LogP contribution in [0.2, 0.25) is 0 Å². The lowest BCUT2D eigenvalue weighted by Crippen LogP contribution is -2.09. The fourth-order valence-electron chi connectivity index (χ4n) is 6.95. The highest BCUT2D eigenvalue weighted by atomic mass is 19.4. The molecule has 3 aromatic heterocycles. The van der Waals surface area contributed by atoms with Gasteiger partial charge in [0.25, 0.3) is 0 Å². The van der Waals surface area contributed by atoms with Crippen molar-refractivity contribution in [2.24, 2.45) is 0 Å². The Balaban J connectivity index is 1.54.